The molecule has 2 unspecified atom stereocenters. The molecule has 8 nitrogen and oxygen atoms in total. The Balaban J connectivity index is 1.49. The lowest BCUT2D eigenvalue weighted by Gasteiger charge is -2.21. The lowest BCUT2D eigenvalue weighted by molar-refractivity contribution is 0.450. The SMILES string of the molecule is CCn1cc(S(=O)(=O)N2CC3CN(c4cc(C)ncn4)CC3C2)nc1C. The third kappa shape index (κ3) is 2.88. The van der Waals surface area contributed by atoms with E-state index in [1.54, 1.807) is 16.8 Å². The minimum absolute atomic E-state index is 0.167. The third-order valence-corrected chi connectivity index (χ3v) is 7.17. The van der Waals surface area contributed by atoms with Crippen LogP contribution in [0.25, 0.3) is 0 Å². The van der Waals surface area contributed by atoms with Crippen molar-refractivity contribution >= 4 is 15.8 Å². The number of hydrogen-bond acceptors (Lipinski definition) is 6. The van der Waals surface area contributed by atoms with E-state index in [0.29, 0.717) is 31.5 Å². The van der Waals surface area contributed by atoms with Crippen LogP contribution >= 0.6 is 0 Å². The molecule has 2 aliphatic rings. The van der Waals surface area contributed by atoms with Gasteiger partial charge in [-0.05, 0) is 32.6 Å². The van der Waals surface area contributed by atoms with Crippen LogP contribution < -0.4 is 4.90 Å². The van der Waals surface area contributed by atoms with Crippen LogP contribution in [-0.2, 0) is 16.6 Å². The van der Waals surface area contributed by atoms with Gasteiger partial charge in [-0.1, -0.05) is 0 Å². The average Bonchev–Trinajstić information content (AvgIpc) is 3.27. The number of sulfonamides is 1. The minimum Gasteiger partial charge on any atom is -0.356 e. The molecule has 0 spiro atoms. The summed E-state index contributed by atoms with van der Waals surface area (Å²) in [6, 6.07) is 1.98. The molecule has 4 rings (SSSR count). The Labute approximate surface area is 153 Å². The van der Waals surface area contributed by atoms with Gasteiger partial charge >= 0.3 is 0 Å². The zero-order valence-corrected chi connectivity index (χ0v) is 16.1. The lowest BCUT2D eigenvalue weighted by atomic mass is 10.0. The summed E-state index contributed by atoms with van der Waals surface area (Å²) in [5.74, 6) is 2.32. The monoisotopic (exact) mass is 376 g/mol. The Bertz CT molecular complexity index is 911. The first-order valence-corrected chi connectivity index (χ1v) is 10.4. The maximum Gasteiger partial charge on any atom is 0.262 e. The van der Waals surface area contributed by atoms with Crippen molar-refractivity contribution in [2.45, 2.75) is 32.3 Å². The van der Waals surface area contributed by atoms with Gasteiger partial charge in [0.1, 0.15) is 18.0 Å². The van der Waals surface area contributed by atoms with Crippen LogP contribution in [0.4, 0.5) is 5.82 Å². The van der Waals surface area contributed by atoms with E-state index in [1.807, 2.05) is 31.4 Å². The van der Waals surface area contributed by atoms with Crippen molar-refractivity contribution in [1.29, 1.82) is 0 Å². The Morgan fingerprint density at radius 3 is 2.38 bits per heavy atom. The van der Waals surface area contributed by atoms with Crippen LogP contribution in [0.2, 0.25) is 0 Å². The van der Waals surface area contributed by atoms with E-state index in [2.05, 4.69) is 19.9 Å². The summed E-state index contributed by atoms with van der Waals surface area (Å²) in [4.78, 5) is 15.0. The fraction of sp³-hybridized carbons (Fsp3) is 0.588. The standard InChI is InChI=1S/C17H24N6O2S/c1-4-21-10-17(20-13(21)3)26(24,25)23-8-14-6-22(7-15(14)9-23)16-5-12(2)18-11-19-16/h5,10-11,14-15H,4,6-9H2,1-3H3. The normalized spacial score (nSPS) is 23.6. The van der Waals surface area contributed by atoms with Crippen LogP contribution in [0.1, 0.15) is 18.4 Å². The van der Waals surface area contributed by atoms with E-state index in [9.17, 15) is 8.42 Å². The van der Waals surface area contributed by atoms with Crippen molar-refractivity contribution in [2.75, 3.05) is 31.1 Å². The molecule has 2 atom stereocenters. The van der Waals surface area contributed by atoms with Crippen LogP contribution in [0.15, 0.2) is 23.6 Å². The van der Waals surface area contributed by atoms with Gasteiger partial charge in [-0.25, -0.2) is 23.4 Å². The Morgan fingerprint density at radius 2 is 1.81 bits per heavy atom. The molecule has 2 saturated heterocycles. The molecule has 0 saturated carbocycles. The number of imidazole rings is 1. The molecule has 26 heavy (non-hydrogen) atoms. The second-order valence-corrected chi connectivity index (χ2v) is 9.06. The highest BCUT2D eigenvalue weighted by Gasteiger charge is 2.45. The van der Waals surface area contributed by atoms with Crippen molar-refractivity contribution in [3.63, 3.8) is 0 Å². The highest BCUT2D eigenvalue weighted by molar-refractivity contribution is 7.89. The molecule has 2 aromatic heterocycles. The zero-order chi connectivity index (χ0) is 18.5. The number of aryl methyl sites for hydroxylation is 3. The van der Waals surface area contributed by atoms with Gasteiger partial charge < -0.3 is 9.47 Å². The number of nitrogens with zero attached hydrogens (tertiary/aromatic N) is 6. The van der Waals surface area contributed by atoms with Gasteiger partial charge in [-0.15, -0.1) is 0 Å². The number of aromatic nitrogens is 4. The van der Waals surface area contributed by atoms with Crippen molar-refractivity contribution in [3.05, 3.63) is 30.1 Å². The molecule has 0 radical (unpaired) electrons. The summed E-state index contributed by atoms with van der Waals surface area (Å²) in [5.41, 5.74) is 0.943. The molecule has 0 bridgehead atoms. The van der Waals surface area contributed by atoms with Gasteiger partial charge in [0.15, 0.2) is 5.03 Å². The largest absolute Gasteiger partial charge is 0.356 e. The number of hydrogen-bond donors (Lipinski definition) is 0. The molecule has 2 aromatic rings. The van der Waals surface area contributed by atoms with Crippen LogP contribution in [0.5, 0.6) is 0 Å². The van der Waals surface area contributed by atoms with Gasteiger partial charge in [0, 0.05) is 50.7 Å². The van der Waals surface area contributed by atoms with Gasteiger partial charge in [-0.2, -0.15) is 4.31 Å². The third-order valence-electron chi connectivity index (χ3n) is 5.46. The minimum atomic E-state index is -3.52. The first kappa shape index (κ1) is 17.4. The van der Waals surface area contributed by atoms with Crippen LogP contribution in [-0.4, -0.2) is 58.4 Å². The second kappa shape index (κ2) is 6.31. The topological polar surface area (TPSA) is 84.2 Å². The van der Waals surface area contributed by atoms with E-state index in [-0.39, 0.29) is 5.03 Å². The van der Waals surface area contributed by atoms with Crippen LogP contribution in [0.3, 0.4) is 0 Å². The Kier molecular flexibility index (Phi) is 4.23. The fourth-order valence-electron chi connectivity index (χ4n) is 4.00. The number of fused-ring (bicyclic) bond motifs is 1. The summed E-state index contributed by atoms with van der Waals surface area (Å²) in [6.07, 6.45) is 3.23. The first-order chi connectivity index (χ1) is 12.4. The Hall–Kier alpha value is -2.00. The molecule has 4 heterocycles. The molecule has 0 amide bonds. The van der Waals surface area contributed by atoms with E-state index in [0.717, 1.165) is 30.4 Å². The van der Waals surface area contributed by atoms with Crippen molar-refractivity contribution in [3.8, 4) is 0 Å². The van der Waals surface area contributed by atoms with E-state index < -0.39 is 10.0 Å². The zero-order valence-electron chi connectivity index (χ0n) is 15.3. The summed E-state index contributed by atoms with van der Waals surface area (Å²) in [6.45, 7) is 9.24. The van der Waals surface area contributed by atoms with Crippen molar-refractivity contribution in [2.24, 2.45) is 11.8 Å². The second-order valence-electron chi connectivity index (χ2n) is 7.18. The highest BCUT2D eigenvalue weighted by Crippen LogP contribution is 2.35. The van der Waals surface area contributed by atoms with E-state index in [1.165, 1.54) is 0 Å². The molecular weight excluding hydrogens is 352 g/mol. The molecule has 0 aromatic carbocycles. The van der Waals surface area contributed by atoms with Gasteiger partial charge in [0.2, 0.25) is 0 Å². The highest BCUT2D eigenvalue weighted by atomic mass is 32.2. The number of anilines is 1. The smallest absolute Gasteiger partial charge is 0.262 e. The maximum absolute atomic E-state index is 13.0. The molecule has 140 valence electrons. The number of rotatable bonds is 4. The summed E-state index contributed by atoms with van der Waals surface area (Å²) in [7, 11) is -3.52. The molecule has 0 N–H and O–H groups in total. The quantitative estimate of drug-likeness (QED) is 0.794. The van der Waals surface area contributed by atoms with Crippen molar-refractivity contribution < 1.29 is 8.42 Å². The molecular formula is C17H24N6O2S. The first-order valence-electron chi connectivity index (χ1n) is 8.96. The van der Waals surface area contributed by atoms with E-state index in [4.69, 9.17) is 0 Å². The van der Waals surface area contributed by atoms with Crippen LogP contribution in [0, 0.1) is 25.7 Å². The molecule has 0 aliphatic carbocycles. The molecule has 2 aliphatic heterocycles. The van der Waals surface area contributed by atoms with Gasteiger partial charge in [0.25, 0.3) is 10.0 Å². The fourth-order valence-corrected chi connectivity index (χ4v) is 5.55. The Morgan fingerprint density at radius 1 is 1.12 bits per heavy atom. The molecule has 2 fully saturated rings. The maximum atomic E-state index is 13.0. The predicted molar refractivity (Wildman–Crippen MR) is 97.4 cm³/mol. The van der Waals surface area contributed by atoms with E-state index >= 15 is 0 Å². The summed E-state index contributed by atoms with van der Waals surface area (Å²) in [5, 5.41) is 0.167. The summed E-state index contributed by atoms with van der Waals surface area (Å²) < 4.78 is 29.4. The predicted octanol–water partition coefficient (Wildman–Crippen LogP) is 1.07. The van der Waals surface area contributed by atoms with Gasteiger partial charge in [0.05, 0.1) is 0 Å². The molecule has 9 heteroatoms. The lowest BCUT2D eigenvalue weighted by Crippen LogP contribution is -2.33. The van der Waals surface area contributed by atoms with Crippen molar-refractivity contribution in [1.82, 2.24) is 23.8 Å². The van der Waals surface area contributed by atoms with Gasteiger partial charge in [-0.3, -0.25) is 0 Å². The summed E-state index contributed by atoms with van der Waals surface area (Å²) >= 11 is 0. The average molecular weight is 376 g/mol.